The van der Waals surface area contributed by atoms with E-state index in [9.17, 15) is 14.0 Å². The van der Waals surface area contributed by atoms with Crippen molar-refractivity contribution in [1.82, 2.24) is 10.9 Å². The smallest absolute Gasteiger partial charge is 0.269 e. The van der Waals surface area contributed by atoms with Crippen LogP contribution in [0.1, 0.15) is 26.2 Å². The molecule has 0 aliphatic heterocycles. The van der Waals surface area contributed by atoms with Crippen molar-refractivity contribution in [2.75, 3.05) is 6.67 Å². The van der Waals surface area contributed by atoms with E-state index in [1.807, 2.05) is 12.3 Å². The average Bonchev–Trinajstić information content (AvgIpc) is 2.10. The van der Waals surface area contributed by atoms with Crippen LogP contribution in [-0.2, 0) is 9.59 Å². The summed E-state index contributed by atoms with van der Waals surface area (Å²) in [6.07, 6.45) is 2.02. The fourth-order valence-corrected chi connectivity index (χ4v) is 0.573. The number of carbonyl (C=O) groups is 2. The summed E-state index contributed by atoms with van der Waals surface area (Å²) in [7, 11) is 0. The second-order valence-electron chi connectivity index (χ2n) is 2.33. The molecule has 0 aliphatic carbocycles. The molecule has 0 aromatic rings. The third kappa shape index (κ3) is 5.64. The van der Waals surface area contributed by atoms with Gasteiger partial charge in [-0.2, -0.15) is 0 Å². The molecule has 0 spiro atoms. The van der Waals surface area contributed by atoms with E-state index in [2.05, 4.69) is 5.43 Å². The molecule has 5 heteroatoms. The zero-order valence-corrected chi connectivity index (χ0v) is 7.02. The molecule has 0 saturated heterocycles. The van der Waals surface area contributed by atoms with Crippen LogP contribution in [0.3, 0.4) is 0 Å². The van der Waals surface area contributed by atoms with Gasteiger partial charge < -0.3 is 0 Å². The second kappa shape index (κ2) is 6.57. The van der Waals surface area contributed by atoms with Gasteiger partial charge in [0.15, 0.2) is 6.67 Å². The second-order valence-corrected chi connectivity index (χ2v) is 2.33. The predicted octanol–water partition coefficient (Wildman–Crippen LogP) is 0.293. The minimum atomic E-state index is -1.12. The van der Waals surface area contributed by atoms with Gasteiger partial charge in [-0.3, -0.25) is 20.4 Å². The van der Waals surface area contributed by atoms with Crippen molar-refractivity contribution in [2.45, 2.75) is 26.2 Å². The van der Waals surface area contributed by atoms with Gasteiger partial charge in [0.25, 0.3) is 5.91 Å². The van der Waals surface area contributed by atoms with Crippen LogP contribution in [0.25, 0.3) is 0 Å². The summed E-state index contributed by atoms with van der Waals surface area (Å²) in [6, 6.07) is 0. The molecule has 0 unspecified atom stereocenters. The first-order chi connectivity index (χ1) is 5.70. The Kier molecular flexibility index (Phi) is 5.95. The zero-order valence-electron chi connectivity index (χ0n) is 7.02. The van der Waals surface area contributed by atoms with E-state index in [-0.39, 0.29) is 5.91 Å². The number of carbonyl (C=O) groups excluding carboxylic acids is 2. The molecule has 0 aromatic carbocycles. The summed E-state index contributed by atoms with van der Waals surface area (Å²) in [6.45, 7) is 0.835. The number of hydrogen-bond donors (Lipinski definition) is 2. The Bertz CT molecular complexity index is 161. The van der Waals surface area contributed by atoms with E-state index in [4.69, 9.17) is 0 Å². The van der Waals surface area contributed by atoms with Crippen LogP contribution < -0.4 is 10.9 Å². The SMILES string of the molecule is CCCCC(=O)NNC(=O)CF. The van der Waals surface area contributed by atoms with Crippen molar-refractivity contribution in [3.63, 3.8) is 0 Å². The quantitative estimate of drug-likeness (QED) is 0.605. The lowest BCUT2D eigenvalue weighted by atomic mass is 10.2. The van der Waals surface area contributed by atoms with Gasteiger partial charge in [-0.25, -0.2) is 4.39 Å². The van der Waals surface area contributed by atoms with Crippen LogP contribution in [0.15, 0.2) is 0 Å². The summed E-state index contributed by atoms with van der Waals surface area (Å²) >= 11 is 0. The highest BCUT2D eigenvalue weighted by Crippen LogP contribution is 1.91. The molecule has 0 aliphatic rings. The molecule has 0 aromatic heterocycles. The molecule has 0 atom stereocenters. The van der Waals surface area contributed by atoms with E-state index < -0.39 is 12.6 Å². The summed E-state index contributed by atoms with van der Waals surface area (Å²) < 4.78 is 11.5. The van der Waals surface area contributed by atoms with E-state index in [1.54, 1.807) is 0 Å². The maximum atomic E-state index is 11.5. The molecule has 0 fully saturated rings. The topological polar surface area (TPSA) is 58.2 Å². The molecular weight excluding hydrogens is 163 g/mol. The van der Waals surface area contributed by atoms with Crippen molar-refractivity contribution >= 4 is 11.8 Å². The fourth-order valence-electron chi connectivity index (χ4n) is 0.573. The van der Waals surface area contributed by atoms with Gasteiger partial charge in [-0.1, -0.05) is 13.3 Å². The maximum Gasteiger partial charge on any atom is 0.269 e. The molecule has 0 bridgehead atoms. The summed E-state index contributed by atoms with van der Waals surface area (Å²) in [5.74, 6) is -1.13. The molecule has 70 valence electrons. The van der Waals surface area contributed by atoms with E-state index in [0.717, 1.165) is 12.8 Å². The Balaban J connectivity index is 3.37. The van der Waals surface area contributed by atoms with Crippen LogP contribution >= 0.6 is 0 Å². The Morgan fingerprint density at radius 3 is 2.33 bits per heavy atom. The van der Waals surface area contributed by atoms with Crippen LogP contribution in [0.5, 0.6) is 0 Å². The number of hydrazine groups is 1. The van der Waals surface area contributed by atoms with Crippen molar-refractivity contribution in [2.24, 2.45) is 0 Å². The lowest BCUT2D eigenvalue weighted by molar-refractivity contribution is -0.129. The maximum absolute atomic E-state index is 11.5. The van der Waals surface area contributed by atoms with Crippen molar-refractivity contribution in [3.05, 3.63) is 0 Å². The summed E-state index contributed by atoms with van der Waals surface area (Å²) in [5.41, 5.74) is 4.02. The van der Waals surface area contributed by atoms with E-state index in [0.29, 0.717) is 6.42 Å². The van der Waals surface area contributed by atoms with Gasteiger partial charge in [-0.15, -0.1) is 0 Å². The van der Waals surface area contributed by atoms with E-state index in [1.165, 1.54) is 0 Å². The number of rotatable bonds is 4. The van der Waals surface area contributed by atoms with Crippen LogP contribution in [-0.4, -0.2) is 18.5 Å². The highest BCUT2D eigenvalue weighted by molar-refractivity contribution is 5.82. The van der Waals surface area contributed by atoms with E-state index >= 15 is 0 Å². The highest BCUT2D eigenvalue weighted by Gasteiger charge is 2.02. The van der Waals surface area contributed by atoms with Gasteiger partial charge in [0.05, 0.1) is 0 Å². The van der Waals surface area contributed by atoms with Gasteiger partial charge in [0.1, 0.15) is 0 Å². The first-order valence-electron chi connectivity index (χ1n) is 3.84. The molecule has 4 nitrogen and oxygen atoms in total. The molecule has 2 N–H and O–H groups in total. The number of amides is 2. The van der Waals surface area contributed by atoms with Gasteiger partial charge in [-0.05, 0) is 6.42 Å². The first kappa shape index (κ1) is 10.9. The van der Waals surface area contributed by atoms with Gasteiger partial charge >= 0.3 is 0 Å². The molecule has 0 radical (unpaired) electrons. The van der Waals surface area contributed by atoms with Crippen LogP contribution in [0.2, 0.25) is 0 Å². The molecule has 0 saturated carbocycles. The molecule has 12 heavy (non-hydrogen) atoms. The third-order valence-electron chi connectivity index (χ3n) is 1.22. The van der Waals surface area contributed by atoms with Crippen molar-refractivity contribution in [1.29, 1.82) is 0 Å². The number of alkyl halides is 1. The largest absolute Gasteiger partial charge is 0.273 e. The van der Waals surface area contributed by atoms with Gasteiger partial charge in [0.2, 0.25) is 5.91 Å². The minimum absolute atomic E-state index is 0.293. The van der Waals surface area contributed by atoms with Crippen molar-refractivity contribution < 1.29 is 14.0 Å². The molecular formula is C7H13FN2O2. The number of unbranched alkanes of at least 4 members (excludes halogenated alkanes) is 1. The third-order valence-corrected chi connectivity index (χ3v) is 1.22. The lowest BCUT2D eigenvalue weighted by Gasteiger charge is -2.03. The van der Waals surface area contributed by atoms with Crippen LogP contribution in [0, 0.1) is 0 Å². The monoisotopic (exact) mass is 176 g/mol. The predicted molar refractivity (Wildman–Crippen MR) is 41.8 cm³/mol. The average molecular weight is 176 g/mol. The number of nitrogens with one attached hydrogen (secondary N) is 2. The van der Waals surface area contributed by atoms with Crippen molar-refractivity contribution in [3.8, 4) is 0 Å². The Morgan fingerprint density at radius 1 is 1.25 bits per heavy atom. The van der Waals surface area contributed by atoms with Gasteiger partial charge in [0, 0.05) is 6.42 Å². The first-order valence-corrected chi connectivity index (χ1v) is 3.84. The molecule has 0 rings (SSSR count). The zero-order chi connectivity index (χ0) is 9.40. The summed E-state index contributed by atoms with van der Waals surface area (Å²) in [5, 5.41) is 0. The lowest BCUT2D eigenvalue weighted by Crippen LogP contribution is -2.42. The van der Waals surface area contributed by atoms with Crippen LogP contribution in [0.4, 0.5) is 4.39 Å². The minimum Gasteiger partial charge on any atom is -0.273 e. The molecule has 0 heterocycles. The standard InChI is InChI=1S/C7H13FN2O2/c1-2-3-4-6(11)9-10-7(12)5-8/h2-5H2,1H3,(H,9,11)(H,10,12). The molecule has 2 amide bonds. The Labute approximate surface area is 70.5 Å². The normalized spacial score (nSPS) is 9.17. The Hall–Kier alpha value is -1.13. The highest BCUT2D eigenvalue weighted by atomic mass is 19.1. The summed E-state index contributed by atoms with van der Waals surface area (Å²) in [4.78, 5) is 21.1. The fraction of sp³-hybridized carbons (Fsp3) is 0.714. The Morgan fingerprint density at radius 2 is 1.83 bits per heavy atom. The number of hydrogen-bond acceptors (Lipinski definition) is 2. The number of halogens is 1.